The van der Waals surface area contributed by atoms with Gasteiger partial charge in [-0.2, -0.15) is 22.0 Å². The van der Waals surface area contributed by atoms with Gasteiger partial charge in [-0.1, -0.05) is 29.8 Å². The van der Waals surface area contributed by atoms with Crippen LogP contribution in [0.1, 0.15) is 24.0 Å². The van der Waals surface area contributed by atoms with Crippen LogP contribution < -0.4 is 0 Å². The third-order valence-electron chi connectivity index (χ3n) is 2.49. The van der Waals surface area contributed by atoms with Gasteiger partial charge in [-0.15, -0.1) is 0 Å². The van der Waals surface area contributed by atoms with Gasteiger partial charge in [0.15, 0.2) is 0 Å². The van der Waals surface area contributed by atoms with Gasteiger partial charge in [-0.25, -0.2) is 0 Å². The Morgan fingerprint density at radius 2 is 1.47 bits per heavy atom. The van der Waals surface area contributed by atoms with Gasteiger partial charge in [-0.3, -0.25) is 0 Å². The molecule has 1 aromatic rings. The lowest BCUT2D eigenvalue weighted by Gasteiger charge is -2.19. The highest BCUT2D eigenvalue weighted by Gasteiger charge is 2.56. The quantitative estimate of drug-likeness (QED) is 0.691. The van der Waals surface area contributed by atoms with Crippen molar-refractivity contribution in [3.8, 4) is 0 Å². The second-order valence-electron chi connectivity index (χ2n) is 4.04. The first-order chi connectivity index (χ1) is 7.72. The Labute approximate surface area is 96.4 Å². The lowest BCUT2D eigenvalue weighted by atomic mass is 10.0. The van der Waals surface area contributed by atoms with Crippen molar-refractivity contribution in [3.63, 3.8) is 0 Å². The Bertz CT molecular complexity index is 350. The minimum absolute atomic E-state index is 0.185. The monoisotopic (exact) mass is 252 g/mol. The highest BCUT2D eigenvalue weighted by molar-refractivity contribution is 5.21. The Morgan fingerprint density at radius 1 is 0.941 bits per heavy atom. The molecule has 0 spiro atoms. The molecule has 1 aromatic carbocycles. The van der Waals surface area contributed by atoms with Crippen LogP contribution in [0, 0.1) is 6.92 Å². The van der Waals surface area contributed by atoms with Crippen LogP contribution in [-0.4, -0.2) is 12.1 Å². The van der Waals surface area contributed by atoms with Crippen molar-refractivity contribution in [1.29, 1.82) is 0 Å². The van der Waals surface area contributed by atoms with E-state index in [-0.39, 0.29) is 12.8 Å². The van der Waals surface area contributed by atoms with Gasteiger partial charge in [0.1, 0.15) is 0 Å². The number of aryl methyl sites for hydroxylation is 2. The predicted molar refractivity (Wildman–Crippen MR) is 55.1 cm³/mol. The molecule has 0 fully saturated rings. The minimum atomic E-state index is -5.44. The molecule has 0 unspecified atom stereocenters. The van der Waals surface area contributed by atoms with E-state index in [9.17, 15) is 22.0 Å². The Kier molecular flexibility index (Phi) is 4.11. The molecule has 1 rings (SSSR count). The first-order valence-corrected chi connectivity index (χ1v) is 5.22. The standard InChI is InChI=1S/C12H13F5/c1-9-4-6-10(7-5-9)3-2-8-11(13,14)12(15,16)17/h4-7H,2-3,8H2,1H3. The van der Waals surface area contributed by atoms with Crippen LogP contribution in [-0.2, 0) is 6.42 Å². The highest BCUT2D eigenvalue weighted by atomic mass is 19.4. The molecule has 0 saturated carbocycles. The molecule has 0 aliphatic rings. The summed E-state index contributed by atoms with van der Waals surface area (Å²) >= 11 is 0. The van der Waals surface area contributed by atoms with Gasteiger partial charge in [0, 0.05) is 6.42 Å². The van der Waals surface area contributed by atoms with Gasteiger partial charge >= 0.3 is 12.1 Å². The van der Waals surface area contributed by atoms with Crippen molar-refractivity contribution in [2.24, 2.45) is 0 Å². The minimum Gasteiger partial charge on any atom is -0.196 e. The van der Waals surface area contributed by atoms with E-state index in [1.54, 1.807) is 24.3 Å². The van der Waals surface area contributed by atoms with Crippen molar-refractivity contribution in [1.82, 2.24) is 0 Å². The molecule has 0 saturated heterocycles. The SMILES string of the molecule is Cc1ccc(CCCC(F)(F)C(F)(F)F)cc1. The van der Waals surface area contributed by atoms with Gasteiger partial charge in [-0.05, 0) is 25.3 Å². The molecular formula is C12H13F5. The second-order valence-corrected chi connectivity index (χ2v) is 4.04. The van der Waals surface area contributed by atoms with E-state index in [1.165, 1.54) is 0 Å². The molecule has 5 heteroatoms. The van der Waals surface area contributed by atoms with Crippen LogP contribution in [0.5, 0.6) is 0 Å². The van der Waals surface area contributed by atoms with Gasteiger partial charge in [0.25, 0.3) is 0 Å². The van der Waals surface area contributed by atoms with Gasteiger partial charge in [0.05, 0.1) is 0 Å². The van der Waals surface area contributed by atoms with E-state index >= 15 is 0 Å². The van der Waals surface area contributed by atoms with E-state index in [0.29, 0.717) is 0 Å². The van der Waals surface area contributed by atoms with Crippen LogP contribution in [0.3, 0.4) is 0 Å². The summed E-state index contributed by atoms with van der Waals surface area (Å²) in [4.78, 5) is 0. The Morgan fingerprint density at radius 3 is 1.94 bits per heavy atom. The predicted octanol–water partition coefficient (Wildman–Crippen LogP) is 4.52. The Balaban J connectivity index is 2.45. The third-order valence-corrected chi connectivity index (χ3v) is 2.49. The summed E-state index contributed by atoms with van der Waals surface area (Å²) in [6.45, 7) is 1.88. The van der Waals surface area contributed by atoms with Crippen molar-refractivity contribution < 1.29 is 22.0 Å². The maximum absolute atomic E-state index is 12.6. The van der Waals surface area contributed by atoms with Crippen LogP contribution in [0.2, 0.25) is 0 Å². The van der Waals surface area contributed by atoms with E-state index in [2.05, 4.69) is 0 Å². The molecule has 0 heterocycles. The number of alkyl halides is 5. The van der Waals surface area contributed by atoms with Crippen molar-refractivity contribution in [3.05, 3.63) is 35.4 Å². The molecule has 0 amide bonds. The van der Waals surface area contributed by atoms with E-state index in [0.717, 1.165) is 11.1 Å². The van der Waals surface area contributed by atoms with E-state index in [1.807, 2.05) is 6.92 Å². The number of halogens is 5. The highest BCUT2D eigenvalue weighted by Crippen LogP contribution is 2.39. The summed E-state index contributed by atoms with van der Waals surface area (Å²) in [5.41, 5.74) is 1.79. The molecule has 0 atom stereocenters. The fraction of sp³-hybridized carbons (Fsp3) is 0.500. The molecule has 0 aromatic heterocycles. The molecular weight excluding hydrogens is 239 g/mol. The number of hydrogen-bond acceptors (Lipinski definition) is 0. The maximum atomic E-state index is 12.6. The molecule has 0 bridgehead atoms. The molecule has 0 aliphatic heterocycles. The molecule has 17 heavy (non-hydrogen) atoms. The summed E-state index contributed by atoms with van der Waals surface area (Å²) in [6, 6.07) is 7.08. The van der Waals surface area contributed by atoms with E-state index in [4.69, 9.17) is 0 Å². The lowest BCUT2D eigenvalue weighted by molar-refractivity contribution is -0.284. The van der Waals surface area contributed by atoms with Crippen LogP contribution >= 0.6 is 0 Å². The van der Waals surface area contributed by atoms with Crippen LogP contribution in [0.25, 0.3) is 0 Å². The summed E-state index contributed by atoms with van der Waals surface area (Å²) in [7, 11) is 0. The first kappa shape index (κ1) is 13.9. The number of hydrogen-bond donors (Lipinski definition) is 0. The zero-order chi connectivity index (χ0) is 13.1. The summed E-state index contributed by atoms with van der Waals surface area (Å²) in [6.07, 6.45) is -6.56. The molecule has 0 nitrogen and oxygen atoms in total. The largest absolute Gasteiger partial charge is 0.453 e. The van der Waals surface area contributed by atoms with Crippen LogP contribution in [0.15, 0.2) is 24.3 Å². The lowest BCUT2D eigenvalue weighted by Crippen LogP contribution is -2.36. The average Bonchev–Trinajstić information content (AvgIpc) is 2.19. The molecule has 0 radical (unpaired) electrons. The number of benzene rings is 1. The topological polar surface area (TPSA) is 0 Å². The zero-order valence-electron chi connectivity index (χ0n) is 9.32. The Hall–Kier alpha value is -1.13. The smallest absolute Gasteiger partial charge is 0.196 e. The van der Waals surface area contributed by atoms with Crippen molar-refractivity contribution in [2.45, 2.75) is 38.3 Å². The normalized spacial score (nSPS) is 12.8. The average molecular weight is 252 g/mol. The zero-order valence-corrected chi connectivity index (χ0v) is 9.32. The molecule has 0 N–H and O–H groups in total. The number of rotatable bonds is 4. The summed E-state index contributed by atoms with van der Waals surface area (Å²) < 4.78 is 60.7. The third kappa shape index (κ3) is 3.98. The summed E-state index contributed by atoms with van der Waals surface area (Å²) in [5.74, 6) is -4.59. The van der Waals surface area contributed by atoms with Gasteiger partial charge in [0.2, 0.25) is 0 Å². The van der Waals surface area contributed by atoms with Crippen LogP contribution in [0.4, 0.5) is 22.0 Å². The first-order valence-electron chi connectivity index (χ1n) is 5.22. The van der Waals surface area contributed by atoms with E-state index < -0.39 is 18.5 Å². The second kappa shape index (κ2) is 5.02. The molecule has 96 valence electrons. The van der Waals surface area contributed by atoms with Crippen molar-refractivity contribution >= 4 is 0 Å². The van der Waals surface area contributed by atoms with Gasteiger partial charge < -0.3 is 0 Å². The maximum Gasteiger partial charge on any atom is 0.453 e. The summed E-state index contributed by atoms with van der Waals surface area (Å²) in [5, 5.41) is 0. The fourth-order valence-electron chi connectivity index (χ4n) is 1.41. The fourth-order valence-corrected chi connectivity index (χ4v) is 1.41. The molecule has 0 aliphatic carbocycles. The van der Waals surface area contributed by atoms with Crippen molar-refractivity contribution in [2.75, 3.05) is 0 Å².